The Hall–Kier alpha value is -6.78. The van der Waals surface area contributed by atoms with Gasteiger partial charge in [-0.25, -0.2) is 9.97 Å². The number of aromatic nitrogens is 2. The summed E-state index contributed by atoms with van der Waals surface area (Å²) in [5.74, 6) is 0.627. The summed E-state index contributed by atoms with van der Waals surface area (Å²) in [6, 6.07) is 58.6. The maximum atomic E-state index is 6.27. The first kappa shape index (κ1) is 28.3. The molecule has 0 aliphatic rings. The first-order chi connectivity index (χ1) is 24.7. The summed E-state index contributed by atoms with van der Waals surface area (Å²) in [6.07, 6.45) is 0. The fourth-order valence-electron chi connectivity index (χ4n) is 6.97. The highest BCUT2D eigenvalue weighted by Gasteiger charge is 2.16. The molecule has 0 amide bonds. The van der Waals surface area contributed by atoms with Crippen molar-refractivity contribution in [3.63, 3.8) is 0 Å². The summed E-state index contributed by atoms with van der Waals surface area (Å²) in [6.45, 7) is 0. The zero-order chi connectivity index (χ0) is 33.0. The van der Waals surface area contributed by atoms with Crippen LogP contribution in [0.5, 0.6) is 0 Å². The third-order valence-corrected chi connectivity index (χ3v) is 9.52. The predicted molar refractivity (Wildman–Crippen MR) is 204 cm³/mol. The van der Waals surface area contributed by atoms with Crippen LogP contribution in [0.15, 0.2) is 179 Å². The number of hydrogen-bond acceptors (Lipinski definition) is 4. The van der Waals surface area contributed by atoms with Gasteiger partial charge in [0.2, 0.25) is 0 Å². The average molecular weight is 641 g/mol. The van der Waals surface area contributed by atoms with E-state index < -0.39 is 0 Å². The van der Waals surface area contributed by atoms with Gasteiger partial charge in [0.1, 0.15) is 22.3 Å². The van der Waals surface area contributed by atoms with E-state index in [1.807, 2.05) is 48.5 Å². The van der Waals surface area contributed by atoms with Gasteiger partial charge in [-0.1, -0.05) is 121 Å². The van der Waals surface area contributed by atoms with Crippen LogP contribution in [0.1, 0.15) is 0 Å². The molecule has 0 saturated heterocycles. The number of furan rings is 2. The van der Waals surface area contributed by atoms with E-state index in [1.54, 1.807) is 0 Å². The summed E-state index contributed by atoms with van der Waals surface area (Å²) < 4.78 is 12.5. The molecule has 0 atom stereocenters. The first-order valence-electron chi connectivity index (χ1n) is 16.7. The maximum absolute atomic E-state index is 6.27. The lowest BCUT2D eigenvalue weighted by atomic mass is 9.98. The van der Waals surface area contributed by atoms with Crippen molar-refractivity contribution < 1.29 is 8.83 Å². The normalized spacial score (nSPS) is 11.6. The van der Waals surface area contributed by atoms with Gasteiger partial charge >= 0.3 is 0 Å². The fourth-order valence-corrected chi connectivity index (χ4v) is 6.97. The van der Waals surface area contributed by atoms with E-state index in [1.165, 1.54) is 11.1 Å². The second-order valence-corrected chi connectivity index (χ2v) is 12.6. The van der Waals surface area contributed by atoms with E-state index in [0.717, 1.165) is 83.1 Å². The van der Waals surface area contributed by atoms with E-state index in [4.69, 9.17) is 18.8 Å². The predicted octanol–water partition coefficient (Wildman–Crippen LogP) is 12.6. The topological polar surface area (TPSA) is 52.1 Å². The maximum Gasteiger partial charge on any atom is 0.160 e. The summed E-state index contributed by atoms with van der Waals surface area (Å²) in [4.78, 5) is 10.3. The molecule has 4 nitrogen and oxygen atoms in total. The number of nitrogens with zero attached hydrogens (tertiary/aromatic N) is 2. The van der Waals surface area contributed by atoms with Crippen molar-refractivity contribution in [1.29, 1.82) is 0 Å². The highest BCUT2D eigenvalue weighted by atomic mass is 16.3. The van der Waals surface area contributed by atoms with Crippen LogP contribution in [0.4, 0.5) is 0 Å². The van der Waals surface area contributed by atoms with Crippen molar-refractivity contribution in [3.05, 3.63) is 170 Å². The summed E-state index contributed by atoms with van der Waals surface area (Å²) >= 11 is 0. The Morgan fingerprint density at radius 1 is 0.280 bits per heavy atom. The van der Waals surface area contributed by atoms with Crippen LogP contribution in [0.2, 0.25) is 0 Å². The van der Waals surface area contributed by atoms with Crippen molar-refractivity contribution in [3.8, 4) is 56.2 Å². The molecule has 0 radical (unpaired) electrons. The second-order valence-electron chi connectivity index (χ2n) is 12.6. The van der Waals surface area contributed by atoms with Gasteiger partial charge < -0.3 is 8.83 Å². The van der Waals surface area contributed by atoms with Gasteiger partial charge in [0.05, 0.1) is 11.4 Å². The van der Waals surface area contributed by atoms with E-state index in [9.17, 15) is 0 Å². The molecule has 4 heteroatoms. The van der Waals surface area contributed by atoms with Crippen LogP contribution in [0, 0.1) is 0 Å². The lowest BCUT2D eigenvalue weighted by Gasteiger charge is -2.11. The first-order valence-corrected chi connectivity index (χ1v) is 16.7. The minimum Gasteiger partial charge on any atom is -0.456 e. The summed E-state index contributed by atoms with van der Waals surface area (Å²) in [7, 11) is 0. The standard InChI is InChI=1S/C46H28N2O2/c1-2-9-29(10-3-1)30-17-19-31(20-18-30)32-11-8-12-33(25-32)40-28-41(34-21-23-38-36-13-4-6-15-42(36)49-44(38)26-34)48-46(47-40)35-22-24-39-37-14-5-7-16-43(37)50-45(39)27-35/h1-28H. The van der Waals surface area contributed by atoms with Gasteiger partial charge in [-0.3, -0.25) is 0 Å². The Kier molecular flexibility index (Phi) is 6.46. The van der Waals surface area contributed by atoms with Crippen LogP contribution in [0.3, 0.4) is 0 Å². The van der Waals surface area contributed by atoms with Crippen molar-refractivity contribution >= 4 is 43.9 Å². The quantitative estimate of drug-likeness (QED) is 0.188. The van der Waals surface area contributed by atoms with Gasteiger partial charge in [0.15, 0.2) is 5.82 Å². The van der Waals surface area contributed by atoms with Gasteiger partial charge in [-0.15, -0.1) is 0 Å². The lowest BCUT2D eigenvalue weighted by molar-refractivity contribution is 0.668. The van der Waals surface area contributed by atoms with Gasteiger partial charge in [-0.05, 0) is 70.8 Å². The molecule has 0 spiro atoms. The van der Waals surface area contributed by atoms with E-state index in [2.05, 4.69) is 121 Å². The van der Waals surface area contributed by atoms with E-state index >= 15 is 0 Å². The van der Waals surface area contributed by atoms with Crippen LogP contribution < -0.4 is 0 Å². The molecular weight excluding hydrogens is 613 g/mol. The largest absolute Gasteiger partial charge is 0.456 e. The van der Waals surface area contributed by atoms with Crippen LogP contribution in [0.25, 0.3) is 100 Å². The fraction of sp³-hybridized carbons (Fsp3) is 0. The molecule has 10 aromatic rings. The van der Waals surface area contributed by atoms with Crippen molar-refractivity contribution in [2.45, 2.75) is 0 Å². The van der Waals surface area contributed by atoms with Crippen LogP contribution in [-0.2, 0) is 0 Å². The summed E-state index contributed by atoms with van der Waals surface area (Å²) in [5, 5.41) is 4.35. The second kappa shape index (κ2) is 11.4. The van der Waals surface area contributed by atoms with E-state index in [0.29, 0.717) is 5.82 Å². The minimum atomic E-state index is 0.627. The molecule has 0 unspecified atom stereocenters. The lowest BCUT2D eigenvalue weighted by Crippen LogP contribution is -1.96. The SMILES string of the molecule is c1ccc(-c2ccc(-c3cccc(-c4cc(-c5ccc6c(c5)oc5ccccc56)nc(-c5ccc6c(c5)oc5ccccc56)n4)c3)cc2)cc1. The smallest absolute Gasteiger partial charge is 0.160 e. The minimum absolute atomic E-state index is 0.627. The highest BCUT2D eigenvalue weighted by molar-refractivity contribution is 6.07. The average Bonchev–Trinajstić information content (AvgIpc) is 3.76. The van der Waals surface area contributed by atoms with Gasteiger partial charge in [0, 0.05) is 38.2 Å². The third kappa shape index (κ3) is 4.85. The number of para-hydroxylation sites is 2. The van der Waals surface area contributed by atoms with Gasteiger partial charge in [-0.2, -0.15) is 0 Å². The molecule has 0 aliphatic carbocycles. The Morgan fingerprint density at radius 2 is 0.720 bits per heavy atom. The number of benzene rings is 7. The van der Waals surface area contributed by atoms with Crippen LogP contribution >= 0.6 is 0 Å². The molecule has 0 N–H and O–H groups in total. The number of hydrogen-bond donors (Lipinski definition) is 0. The van der Waals surface area contributed by atoms with Crippen molar-refractivity contribution in [1.82, 2.24) is 9.97 Å². The third-order valence-electron chi connectivity index (χ3n) is 9.52. The molecule has 0 bridgehead atoms. The molecule has 0 aliphatic heterocycles. The molecule has 7 aromatic carbocycles. The molecule has 0 fully saturated rings. The molecule has 3 aromatic heterocycles. The molecular formula is C46H28N2O2. The van der Waals surface area contributed by atoms with Crippen molar-refractivity contribution in [2.24, 2.45) is 0 Å². The van der Waals surface area contributed by atoms with Gasteiger partial charge in [0.25, 0.3) is 0 Å². The molecule has 3 heterocycles. The summed E-state index contributed by atoms with van der Waals surface area (Å²) in [5.41, 5.74) is 12.5. The monoisotopic (exact) mass is 640 g/mol. The Bertz CT molecular complexity index is 2730. The Labute approximate surface area is 287 Å². The van der Waals surface area contributed by atoms with E-state index in [-0.39, 0.29) is 0 Å². The molecule has 10 rings (SSSR count). The Balaban J connectivity index is 1.11. The molecule has 234 valence electrons. The molecule has 50 heavy (non-hydrogen) atoms. The zero-order valence-electron chi connectivity index (χ0n) is 26.9. The number of fused-ring (bicyclic) bond motifs is 6. The zero-order valence-corrected chi connectivity index (χ0v) is 26.9. The molecule has 0 saturated carbocycles. The Morgan fingerprint density at radius 3 is 1.38 bits per heavy atom. The highest BCUT2D eigenvalue weighted by Crippen LogP contribution is 2.36. The van der Waals surface area contributed by atoms with Crippen molar-refractivity contribution in [2.75, 3.05) is 0 Å². The number of rotatable bonds is 5. The van der Waals surface area contributed by atoms with Crippen LogP contribution in [-0.4, -0.2) is 9.97 Å².